The molecule has 2 atom stereocenters. The van der Waals surface area contributed by atoms with Gasteiger partial charge < -0.3 is 11.1 Å². The molecule has 170 valence electrons. The topological polar surface area (TPSA) is 92.5 Å². The lowest BCUT2D eigenvalue weighted by atomic mass is 9.83. The number of aromatic amines is 1. The third-order valence-corrected chi connectivity index (χ3v) is 6.14. The number of nitrogens with two attached hydrogens (primary N) is 1. The summed E-state index contributed by atoms with van der Waals surface area (Å²) in [4.78, 5) is 9.05. The first-order valence-electron chi connectivity index (χ1n) is 10.9. The third-order valence-electron chi connectivity index (χ3n) is 6.14. The average Bonchev–Trinajstić information content (AvgIpc) is 3.21. The molecule has 0 bridgehead atoms. The Kier molecular flexibility index (Phi) is 5.49. The molecule has 9 heteroatoms. The highest BCUT2D eigenvalue weighted by atomic mass is 19.4. The van der Waals surface area contributed by atoms with E-state index in [-0.39, 0.29) is 23.3 Å². The van der Waals surface area contributed by atoms with Crippen LogP contribution < -0.4 is 11.1 Å². The van der Waals surface area contributed by atoms with Crippen molar-refractivity contribution in [2.75, 3.05) is 5.32 Å². The van der Waals surface area contributed by atoms with Crippen LogP contribution in [0, 0.1) is 0 Å². The van der Waals surface area contributed by atoms with Crippen LogP contribution in [-0.4, -0.2) is 26.2 Å². The number of benzene rings is 2. The van der Waals surface area contributed by atoms with Crippen LogP contribution in [-0.2, 0) is 6.18 Å². The first kappa shape index (κ1) is 21.4. The van der Waals surface area contributed by atoms with E-state index in [9.17, 15) is 13.2 Å². The maximum atomic E-state index is 13.7. The number of nitrogens with zero attached hydrogens (tertiary/aromatic N) is 3. The third kappa shape index (κ3) is 4.28. The van der Waals surface area contributed by atoms with Gasteiger partial charge in [0.15, 0.2) is 11.6 Å². The quantitative estimate of drug-likeness (QED) is 0.366. The van der Waals surface area contributed by atoms with Crippen molar-refractivity contribution in [1.82, 2.24) is 20.2 Å². The molecule has 2 aromatic heterocycles. The molecular weight excluding hydrogens is 429 g/mol. The minimum atomic E-state index is -4.52. The van der Waals surface area contributed by atoms with Crippen LogP contribution in [0.2, 0.25) is 0 Å². The molecule has 33 heavy (non-hydrogen) atoms. The number of halogens is 3. The Morgan fingerprint density at radius 1 is 0.970 bits per heavy atom. The number of aromatic nitrogens is 4. The molecule has 1 aliphatic carbocycles. The molecule has 2 unspecified atom stereocenters. The zero-order chi connectivity index (χ0) is 23.0. The molecule has 4 aromatic rings. The Labute approximate surface area is 188 Å². The first-order valence-corrected chi connectivity index (χ1v) is 10.9. The molecule has 0 amide bonds. The van der Waals surface area contributed by atoms with Gasteiger partial charge in [-0.15, -0.1) is 0 Å². The van der Waals surface area contributed by atoms with Crippen molar-refractivity contribution in [3.8, 4) is 11.4 Å². The van der Waals surface area contributed by atoms with E-state index in [4.69, 9.17) is 5.73 Å². The van der Waals surface area contributed by atoms with Crippen molar-refractivity contribution in [1.29, 1.82) is 0 Å². The van der Waals surface area contributed by atoms with Gasteiger partial charge in [-0.1, -0.05) is 43.2 Å². The van der Waals surface area contributed by atoms with Crippen LogP contribution in [0.25, 0.3) is 22.3 Å². The van der Waals surface area contributed by atoms with Crippen molar-refractivity contribution in [2.24, 2.45) is 5.73 Å². The SMILES string of the molecule is NC1CCCCC1c1cc(Nc2n[nH]c3ccccc23)nc(-c2ccccc2C(F)(F)F)n1. The summed E-state index contributed by atoms with van der Waals surface area (Å²) in [7, 11) is 0. The standard InChI is InChI=1S/C24H23F3N6/c25-24(26,27)17-10-4-1-7-14(17)22-29-20(15-8-2-5-11-18(15)28)13-21(30-22)31-23-16-9-3-6-12-19(16)32-33-23/h1,3-4,6-7,9-10,12-13,15,18H,2,5,8,11,28H2,(H2,29,30,31,32,33). The van der Waals surface area contributed by atoms with E-state index < -0.39 is 11.7 Å². The van der Waals surface area contributed by atoms with Crippen molar-refractivity contribution >= 4 is 22.5 Å². The summed E-state index contributed by atoms with van der Waals surface area (Å²) in [5, 5.41) is 11.3. The maximum absolute atomic E-state index is 13.7. The first-order chi connectivity index (χ1) is 15.9. The van der Waals surface area contributed by atoms with E-state index >= 15 is 0 Å². The molecule has 0 radical (unpaired) electrons. The number of hydrogen-bond donors (Lipinski definition) is 3. The van der Waals surface area contributed by atoms with Gasteiger partial charge in [0.05, 0.1) is 16.8 Å². The Bertz CT molecular complexity index is 1280. The van der Waals surface area contributed by atoms with Crippen LogP contribution >= 0.6 is 0 Å². The molecule has 1 saturated carbocycles. The Morgan fingerprint density at radius 3 is 2.55 bits per heavy atom. The number of para-hydroxylation sites is 1. The van der Waals surface area contributed by atoms with Crippen LogP contribution in [0.15, 0.2) is 54.6 Å². The fourth-order valence-electron chi connectivity index (χ4n) is 4.47. The van der Waals surface area contributed by atoms with E-state index in [1.54, 1.807) is 12.1 Å². The zero-order valence-corrected chi connectivity index (χ0v) is 17.7. The predicted molar refractivity (Wildman–Crippen MR) is 121 cm³/mol. The lowest BCUT2D eigenvalue weighted by molar-refractivity contribution is -0.137. The highest BCUT2D eigenvalue weighted by Crippen LogP contribution is 2.38. The van der Waals surface area contributed by atoms with E-state index in [1.807, 2.05) is 24.3 Å². The average molecular weight is 452 g/mol. The predicted octanol–water partition coefficient (Wildman–Crippen LogP) is 5.77. The minimum absolute atomic E-state index is 0.0144. The van der Waals surface area contributed by atoms with Gasteiger partial charge >= 0.3 is 6.18 Å². The molecule has 0 saturated heterocycles. The molecule has 6 nitrogen and oxygen atoms in total. The molecule has 5 rings (SSSR count). The number of anilines is 2. The van der Waals surface area contributed by atoms with Crippen molar-refractivity contribution < 1.29 is 13.2 Å². The fraction of sp³-hybridized carbons (Fsp3) is 0.292. The summed E-state index contributed by atoms with van der Waals surface area (Å²) >= 11 is 0. The van der Waals surface area contributed by atoms with Crippen molar-refractivity contribution in [3.63, 3.8) is 0 Å². The molecule has 4 N–H and O–H groups in total. The Balaban J connectivity index is 1.63. The number of alkyl halides is 3. The Hall–Kier alpha value is -3.46. The van der Waals surface area contributed by atoms with Gasteiger partial charge in [-0.3, -0.25) is 5.10 Å². The molecule has 0 spiro atoms. The fourth-order valence-corrected chi connectivity index (χ4v) is 4.47. The van der Waals surface area contributed by atoms with Crippen LogP contribution in [0.5, 0.6) is 0 Å². The Morgan fingerprint density at radius 2 is 1.73 bits per heavy atom. The van der Waals surface area contributed by atoms with Crippen LogP contribution in [0.4, 0.5) is 24.8 Å². The number of fused-ring (bicyclic) bond motifs is 1. The molecule has 1 fully saturated rings. The van der Waals surface area contributed by atoms with Gasteiger partial charge in [-0.2, -0.15) is 18.3 Å². The lowest BCUT2D eigenvalue weighted by Crippen LogP contribution is -2.32. The minimum Gasteiger partial charge on any atom is -0.327 e. The summed E-state index contributed by atoms with van der Waals surface area (Å²) in [5.74, 6) is 0.885. The number of hydrogen-bond acceptors (Lipinski definition) is 5. The lowest BCUT2D eigenvalue weighted by Gasteiger charge is -2.28. The summed E-state index contributed by atoms with van der Waals surface area (Å²) < 4.78 is 41.2. The summed E-state index contributed by atoms with van der Waals surface area (Å²) in [5.41, 5.74) is 7.03. The molecule has 0 aliphatic heterocycles. The van der Waals surface area contributed by atoms with E-state index in [0.29, 0.717) is 17.3 Å². The largest absolute Gasteiger partial charge is 0.417 e. The van der Waals surface area contributed by atoms with E-state index in [0.717, 1.165) is 42.7 Å². The normalized spacial score (nSPS) is 19.0. The smallest absolute Gasteiger partial charge is 0.327 e. The number of rotatable bonds is 4. The van der Waals surface area contributed by atoms with Gasteiger partial charge in [0.2, 0.25) is 0 Å². The van der Waals surface area contributed by atoms with Crippen LogP contribution in [0.3, 0.4) is 0 Å². The molecular formula is C24H23F3N6. The monoisotopic (exact) mass is 452 g/mol. The van der Waals surface area contributed by atoms with Gasteiger partial charge in [0.25, 0.3) is 0 Å². The molecule has 1 aliphatic rings. The van der Waals surface area contributed by atoms with E-state index in [2.05, 4.69) is 25.5 Å². The van der Waals surface area contributed by atoms with Gasteiger partial charge in [-0.05, 0) is 31.0 Å². The van der Waals surface area contributed by atoms with Crippen molar-refractivity contribution in [3.05, 3.63) is 65.9 Å². The molecule has 2 heterocycles. The van der Waals surface area contributed by atoms with Crippen LogP contribution in [0.1, 0.15) is 42.9 Å². The van der Waals surface area contributed by atoms with Gasteiger partial charge in [0.1, 0.15) is 5.82 Å². The van der Waals surface area contributed by atoms with Gasteiger partial charge in [0, 0.05) is 29.0 Å². The summed E-state index contributed by atoms with van der Waals surface area (Å²) in [6, 6.07) is 14.6. The van der Waals surface area contributed by atoms with E-state index in [1.165, 1.54) is 12.1 Å². The second-order valence-electron chi connectivity index (χ2n) is 8.34. The highest BCUT2D eigenvalue weighted by Gasteiger charge is 2.34. The second kappa shape index (κ2) is 8.47. The summed E-state index contributed by atoms with van der Waals surface area (Å²) in [6.07, 6.45) is -0.789. The summed E-state index contributed by atoms with van der Waals surface area (Å²) in [6.45, 7) is 0. The second-order valence-corrected chi connectivity index (χ2v) is 8.34. The number of nitrogens with one attached hydrogen (secondary N) is 2. The highest BCUT2D eigenvalue weighted by molar-refractivity contribution is 5.91. The number of H-pyrrole nitrogens is 1. The van der Waals surface area contributed by atoms with Crippen molar-refractivity contribution in [2.45, 2.75) is 43.8 Å². The zero-order valence-electron chi connectivity index (χ0n) is 17.7. The maximum Gasteiger partial charge on any atom is 0.417 e. The molecule has 2 aromatic carbocycles. The van der Waals surface area contributed by atoms with Gasteiger partial charge in [-0.25, -0.2) is 9.97 Å².